The standard InChI is InChI=1S/C23H36O4/c1-20-7-6-13-12-23(13,20)19(25)10-14-15-4-5-17(22(3)26-8-9-27-22)21(15,2)18(24)11-16(14)20/h13-19,24-25H,4-12H2,1-3H3/t13-,14?,15?,16?,17?,18-,19-,20-,21+,23?/m1/s1. The van der Waals surface area contributed by atoms with Crippen molar-refractivity contribution >= 4 is 0 Å². The maximum absolute atomic E-state index is 11.5. The number of rotatable bonds is 1. The number of hydrogen-bond acceptors (Lipinski definition) is 4. The van der Waals surface area contributed by atoms with Crippen molar-refractivity contribution in [2.24, 2.45) is 45.8 Å². The molecule has 27 heavy (non-hydrogen) atoms. The van der Waals surface area contributed by atoms with E-state index in [-0.39, 0.29) is 34.4 Å². The minimum atomic E-state index is -0.551. The van der Waals surface area contributed by atoms with Gasteiger partial charge in [-0.25, -0.2) is 0 Å². The molecule has 0 radical (unpaired) electrons. The summed E-state index contributed by atoms with van der Waals surface area (Å²) < 4.78 is 12.1. The molecule has 6 fully saturated rings. The molecular weight excluding hydrogens is 340 g/mol. The van der Waals surface area contributed by atoms with Crippen LogP contribution in [-0.2, 0) is 9.47 Å². The topological polar surface area (TPSA) is 58.9 Å². The minimum Gasteiger partial charge on any atom is -0.393 e. The van der Waals surface area contributed by atoms with Crippen LogP contribution in [-0.4, -0.2) is 41.4 Å². The summed E-state index contributed by atoms with van der Waals surface area (Å²) >= 11 is 0. The maximum Gasteiger partial charge on any atom is 0.169 e. The molecule has 0 aromatic rings. The summed E-state index contributed by atoms with van der Waals surface area (Å²) in [6.07, 6.45) is 7.41. The molecular formula is C23H36O4. The lowest BCUT2D eigenvalue weighted by atomic mass is 9.44. The van der Waals surface area contributed by atoms with Crippen molar-refractivity contribution in [3.8, 4) is 0 Å². The molecule has 4 nitrogen and oxygen atoms in total. The largest absolute Gasteiger partial charge is 0.393 e. The van der Waals surface area contributed by atoms with Gasteiger partial charge in [0.2, 0.25) is 0 Å². The molecule has 0 aromatic carbocycles. The highest BCUT2D eigenvalue weighted by Crippen LogP contribution is 2.81. The summed E-state index contributed by atoms with van der Waals surface area (Å²) in [6.45, 7) is 8.19. The van der Waals surface area contributed by atoms with Gasteiger partial charge in [-0.15, -0.1) is 0 Å². The van der Waals surface area contributed by atoms with Crippen molar-refractivity contribution in [2.45, 2.75) is 83.7 Å². The molecule has 0 bridgehead atoms. The van der Waals surface area contributed by atoms with Crippen LogP contribution in [0.1, 0.15) is 65.7 Å². The Balaban J connectivity index is 1.38. The molecule has 5 saturated carbocycles. The van der Waals surface area contributed by atoms with Crippen molar-refractivity contribution in [3.05, 3.63) is 0 Å². The molecule has 1 saturated heterocycles. The van der Waals surface area contributed by atoms with Crippen LogP contribution in [0.3, 0.4) is 0 Å². The van der Waals surface area contributed by atoms with Crippen molar-refractivity contribution in [1.82, 2.24) is 0 Å². The second-order valence-corrected chi connectivity index (χ2v) is 11.5. The van der Waals surface area contributed by atoms with Gasteiger partial charge in [0.15, 0.2) is 5.79 Å². The lowest BCUT2D eigenvalue weighted by molar-refractivity contribution is -0.245. The summed E-state index contributed by atoms with van der Waals surface area (Å²) in [5, 5.41) is 22.8. The zero-order chi connectivity index (χ0) is 18.8. The number of aliphatic hydroxyl groups excluding tert-OH is 2. The van der Waals surface area contributed by atoms with Crippen LogP contribution < -0.4 is 0 Å². The Kier molecular flexibility index (Phi) is 3.35. The fourth-order valence-corrected chi connectivity index (χ4v) is 9.85. The van der Waals surface area contributed by atoms with Gasteiger partial charge >= 0.3 is 0 Å². The van der Waals surface area contributed by atoms with Crippen LogP contribution in [0.4, 0.5) is 0 Å². The normalized spacial score (nSPS) is 63.2. The van der Waals surface area contributed by atoms with Gasteiger partial charge in [0, 0.05) is 16.7 Å². The zero-order valence-electron chi connectivity index (χ0n) is 17.1. The van der Waals surface area contributed by atoms with Gasteiger partial charge in [0.1, 0.15) is 0 Å². The van der Waals surface area contributed by atoms with Gasteiger partial charge in [-0.05, 0) is 81.0 Å². The third kappa shape index (κ3) is 1.82. The van der Waals surface area contributed by atoms with Crippen LogP contribution in [0, 0.1) is 45.8 Å². The molecule has 1 heterocycles. The predicted octanol–water partition coefficient (Wildman–Crippen LogP) is 3.35. The molecule has 0 aromatic heterocycles. The molecule has 5 unspecified atom stereocenters. The molecule has 5 aliphatic carbocycles. The van der Waals surface area contributed by atoms with E-state index in [4.69, 9.17) is 9.47 Å². The Hall–Kier alpha value is -0.160. The molecule has 6 rings (SSSR count). The zero-order valence-corrected chi connectivity index (χ0v) is 17.1. The Labute approximate surface area is 163 Å². The van der Waals surface area contributed by atoms with E-state index in [9.17, 15) is 10.2 Å². The van der Waals surface area contributed by atoms with Gasteiger partial charge in [0.25, 0.3) is 0 Å². The van der Waals surface area contributed by atoms with Gasteiger partial charge < -0.3 is 19.7 Å². The molecule has 10 atom stereocenters. The fourth-order valence-electron chi connectivity index (χ4n) is 9.85. The second-order valence-electron chi connectivity index (χ2n) is 11.5. The van der Waals surface area contributed by atoms with Crippen LogP contribution in [0.5, 0.6) is 0 Å². The summed E-state index contributed by atoms with van der Waals surface area (Å²) in [7, 11) is 0. The average Bonchev–Trinajstić information content (AvgIpc) is 2.88. The Morgan fingerprint density at radius 1 is 0.852 bits per heavy atom. The first-order valence-electron chi connectivity index (χ1n) is 11.4. The second kappa shape index (κ2) is 5.11. The van der Waals surface area contributed by atoms with Crippen molar-refractivity contribution in [2.75, 3.05) is 13.2 Å². The smallest absolute Gasteiger partial charge is 0.169 e. The van der Waals surface area contributed by atoms with Crippen molar-refractivity contribution < 1.29 is 19.7 Å². The maximum atomic E-state index is 11.5. The molecule has 6 aliphatic rings. The van der Waals surface area contributed by atoms with Crippen LogP contribution in [0.2, 0.25) is 0 Å². The molecule has 0 amide bonds. The first-order chi connectivity index (χ1) is 12.8. The van der Waals surface area contributed by atoms with E-state index < -0.39 is 5.79 Å². The highest BCUT2D eigenvalue weighted by molar-refractivity contribution is 5.26. The third-order valence-electron chi connectivity index (χ3n) is 11.2. The van der Waals surface area contributed by atoms with Crippen LogP contribution >= 0.6 is 0 Å². The number of aliphatic hydroxyl groups is 2. The Morgan fingerprint density at radius 2 is 1.59 bits per heavy atom. The highest BCUT2D eigenvalue weighted by Gasteiger charge is 2.78. The Bertz CT molecular complexity index is 659. The van der Waals surface area contributed by atoms with E-state index in [0.29, 0.717) is 31.0 Å². The third-order valence-corrected chi connectivity index (χ3v) is 11.2. The molecule has 1 spiro atoms. The molecule has 152 valence electrons. The number of hydrogen-bond donors (Lipinski definition) is 2. The minimum absolute atomic E-state index is 0.135. The van der Waals surface area contributed by atoms with E-state index in [1.54, 1.807) is 0 Å². The van der Waals surface area contributed by atoms with Crippen LogP contribution in [0.25, 0.3) is 0 Å². The lowest BCUT2D eigenvalue weighted by Gasteiger charge is -2.62. The van der Waals surface area contributed by atoms with Crippen molar-refractivity contribution in [3.63, 3.8) is 0 Å². The quantitative estimate of drug-likeness (QED) is 0.737. The summed E-state index contributed by atoms with van der Waals surface area (Å²) in [6, 6.07) is 0. The van der Waals surface area contributed by atoms with Gasteiger partial charge in [-0.2, -0.15) is 0 Å². The molecule has 2 N–H and O–H groups in total. The van der Waals surface area contributed by atoms with Crippen LogP contribution in [0.15, 0.2) is 0 Å². The van der Waals surface area contributed by atoms with Crippen molar-refractivity contribution in [1.29, 1.82) is 0 Å². The molecule has 1 aliphatic heterocycles. The van der Waals surface area contributed by atoms with E-state index in [1.165, 1.54) is 19.3 Å². The summed E-state index contributed by atoms with van der Waals surface area (Å²) in [4.78, 5) is 0. The lowest BCUT2D eigenvalue weighted by Crippen LogP contribution is -2.62. The summed E-state index contributed by atoms with van der Waals surface area (Å²) in [5.41, 5.74) is 0.246. The first-order valence-corrected chi connectivity index (χ1v) is 11.4. The fraction of sp³-hybridized carbons (Fsp3) is 1.00. The van der Waals surface area contributed by atoms with E-state index in [1.807, 2.05) is 0 Å². The van der Waals surface area contributed by atoms with E-state index in [0.717, 1.165) is 31.6 Å². The van der Waals surface area contributed by atoms with Gasteiger partial charge in [0.05, 0.1) is 25.4 Å². The number of ether oxygens (including phenoxy) is 2. The SMILES string of the molecule is CC1(C2CCC3C4C[C@@H](O)C56C[C@H]5CC[C@]6(C)C4C[C@@H](O)[C@@]32C)OCCO1. The predicted molar refractivity (Wildman–Crippen MR) is 101 cm³/mol. The molecule has 4 heteroatoms. The summed E-state index contributed by atoms with van der Waals surface area (Å²) in [5.74, 6) is 2.02. The highest BCUT2D eigenvalue weighted by atomic mass is 16.7. The van der Waals surface area contributed by atoms with E-state index >= 15 is 0 Å². The Morgan fingerprint density at radius 3 is 2.30 bits per heavy atom. The average molecular weight is 377 g/mol. The van der Waals surface area contributed by atoms with E-state index in [2.05, 4.69) is 20.8 Å². The van der Waals surface area contributed by atoms with Gasteiger partial charge in [-0.1, -0.05) is 13.8 Å². The monoisotopic (exact) mass is 376 g/mol. The first kappa shape index (κ1) is 17.7. The van der Waals surface area contributed by atoms with Gasteiger partial charge in [-0.3, -0.25) is 0 Å². The number of fused-ring (bicyclic) bond motifs is 4.